The Balaban J connectivity index is 2.07. The molecule has 6 heteroatoms. The van der Waals surface area contributed by atoms with Gasteiger partial charge >= 0.3 is 5.97 Å². The maximum absolute atomic E-state index is 11.8. The van der Waals surface area contributed by atoms with Crippen LogP contribution < -0.4 is 9.47 Å². The van der Waals surface area contributed by atoms with Crippen LogP contribution in [-0.4, -0.2) is 46.8 Å². The fourth-order valence-electron chi connectivity index (χ4n) is 2.45. The number of ether oxygens (including phenoxy) is 5. The molecule has 128 valence electrons. The Morgan fingerprint density at radius 1 is 1.17 bits per heavy atom. The molecule has 0 heterocycles. The van der Waals surface area contributed by atoms with Gasteiger partial charge in [-0.1, -0.05) is 6.07 Å². The summed E-state index contributed by atoms with van der Waals surface area (Å²) >= 11 is 0. The minimum absolute atomic E-state index is 0.0832. The van der Waals surface area contributed by atoms with Crippen LogP contribution in [0.5, 0.6) is 11.5 Å². The summed E-state index contributed by atoms with van der Waals surface area (Å²) < 4.78 is 26.3. The van der Waals surface area contributed by atoms with Crippen molar-refractivity contribution >= 4 is 5.97 Å². The van der Waals surface area contributed by atoms with Crippen LogP contribution in [0, 0.1) is 5.92 Å². The van der Waals surface area contributed by atoms with E-state index in [-0.39, 0.29) is 24.6 Å². The zero-order chi connectivity index (χ0) is 16.7. The predicted molar refractivity (Wildman–Crippen MR) is 83.8 cm³/mol. The van der Waals surface area contributed by atoms with E-state index in [1.807, 2.05) is 25.1 Å². The van der Waals surface area contributed by atoms with Crippen molar-refractivity contribution in [3.05, 3.63) is 23.8 Å². The molecule has 0 N–H and O–H groups in total. The molecule has 1 fully saturated rings. The summed E-state index contributed by atoms with van der Waals surface area (Å²) in [5.74, 6) is 1.29. The summed E-state index contributed by atoms with van der Waals surface area (Å²) in [6, 6.07) is 5.65. The first-order valence-electron chi connectivity index (χ1n) is 7.75. The van der Waals surface area contributed by atoms with Crippen LogP contribution >= 0.6 is 0 Å². The number of hydrogen-bond acceptors (Lipinski definition) is 6. The Morgan fingerprint density at radius 3 is 2.70 bits per heavy atom. The quantitative estimate of drug-likeness (QED) is 0.374. The van der Waals surface area contributed by atoms with Gasteiger partial charge in [-0.2, -0.15) is 0 Å². The molecule has 0 unspecified atom stereocenters. The standard InChI is InChI=1S/C17H24O6/c1-4-21-17(18)15-10-14(15)13-6-5-12(22-8-7-19-2)9-16(13)23-11-20-3/h5-6,9,14-15H,4,7-8,10-11H2,1-3H3/t14-,15+/m0/s1. The summed E-state index contributed by atoms with van der Waals surface area (Å²) in [5.41, 5.74) is 0.985. The van der Waals surface area contributed by atoms with Crippen LogP contribution in [0.2, 0.25) is 0 Å². The second kappa shape index (κ2) is 8.74. The predicted octanol–water partition coefficient (Wildman–Crippen LogP) is 2.36. The molecular formula is C17H24O6. The third-order valence-corrected chi connectivity index (χ3v) is 3.65. The van der Waals surface area contributed by atoms with E-state index in [0.29, 0.717) is 31.3 Å². The third-order valence-electron chi connectivity index (χ3n) is 3.65. The van der Waals surface area contributed by atoms with Crippen LogP contribution in [0.15, 0.2) is 18.2 Å². The second-order valence-electron chi connectivity index (χ2n) is 5.29. The van der Waals surface area contributed by atoms with Crippen molar-refractivity contribution in [2.24, 2.45) is 5.92 Å². The number of carbonyl (C=O) groups is 1. The Morgan fingerprint density at radius 2 is 2.00 bits per heavy atom. The summed E-state index contributed by atoms with van der Waals surface area (Å²) in [7, 11) is 3.19. The minimum atomic E-state index is -0.143. The molecule has 0 amide bonds. The van der Waals surface area contributed by atoms with Crippen LogP contribution in [-0.2, 0) is 19.0 Å². The third kappa shape index (κ3) is 4.84. The van der Waals surface area contributed by atoms with Crippen LogP contribution in [0.25, 0.3) is 0 Å². The first kappa shape index (κ1) is 17.6. The highest BCUT2D eigenvalue weighted by Crippen LogP contribution is 2.51. The van der Waals surface area contributed by atoms with E-state index in [1.165, 1.54) is 0 Å². The monoisotopic (exact) mass is 324 g/mol. The van der Waals surface area contributed by atoms with E-state index in [0.717, 1.165) is 12.0 Å². The largest absolute Gasteiger partial charge is 0.491 e. The van der Waals surface area contributed by atoms with Gasteiger partial charge in [0.05, 0.1) is 19.1 Å². The average molecular weight is 324 g/mol. The number of hydrogen-bond donors (Lipinski definition) is 0. The fraction of sp³-hybridized carbons (Fsp3) is 0.588. The fourth-order valence-corrected chi connectivity index (χ4v) is 2.45. The highest BCUT2D eigenvalue weighted by atomic mass is 16.7. The molecular weight excluding hydrogens is 300 g/mol. The maximum Gasteiger partial charge on any atom is 0.309 e. The molecule has 23 heavy (non-hydrogen) atoms. The highest BCUT2D eigenvalue weighted by molar-refractivity contribution is 5.77. The summed E-state index contributed by atoms with van der Waals surface area (Å²) in [5, 5.41) is 0. The smallest absolute Gasteiger partial charge is 0.309 e. The molecule has 1 saturated carbocycles. The van der Waals surface area contributed by atoms with Crippen LogP contribution in [0.3, 0.4) is 0 Å². The molecule has 6 nitrogen and oxygen atoms in total. The molecule has 1 aliphatic carbocycles. The Bertz CT molecular complexity index is 516. The number of carbonyl (C=O) groups excluding carboxylic acids is 1. The van der Waals surface area contributed by atoms with Gasteiger partial charge in [-0.15, -0.1) is 0 Å². The first-order chi connectivity index (χ1) is 11.2. The van der Waals surface area contributed by atoms with Gasteiger partial charge in [0.2, 0.25) is 0 Å². The zero-order valence-electron chi connectivity index (χ0n) is 13.9. The zero-order valence-corrected chi connectivity index (χ0v) is 13.9. The number of rotatable bonds is 10. The number of methoxy groups -OCH3 is 2. The van der Waals surface area contributed by atoms with Crippen LogP contribution in [0.1, 0.15) is 24.8 Å². The van der Waals surface area contributed by atoms with Gasteiger partial charge in [-0.3, -0.25) is 4.79 Å². The number of esters is 1. The Kier molecular flexibility index (Phi) is 6.67. The summed E-state index contributed by atoms with van der Waals surface area (Å²) in [6.45, 7) is 3.35. The van der Waals surface area contributed by atoms with Gasteiger partial charge in [0, 0.05) is 26.2 Å². The normalized spacial score (nSPS) is 19.3. The van der Waals surface area contributed by atoms with E-state index in [4.69, 9.17) is 23.7 Å². The van der Waals surface area contributed by atoms with Crippen LogP contribution in [0.4, 0.5) is 0 Å². The lowest BCUT2D eigenvalue weighted by Crippen LogP contribution is -2.08. The summed E-state index contributed by atoms with van der Waals surface area (Å²) in [6.07, 6.45) is 0.784. The molecule has 0 radical (unpaired) electrons. The van der Waals surface area contributed by atoms with E-state index >= 15 is 0 Å². The lowest BCUT2D eigenvalue weighted by atomic mass is 10.1. The van der Waals surface area contributed by atoms with E-state index in [2.05, 4.69) is 0 Å². The first-order valence-corrected chi connectivity index (χ1v) is 7.75. The molecule has 0 aromatic heterocycles. The van der Waals surface area contributed by atoms with Gasteiger partial charge in [-0.25, -0.2) is 0 Å². The SMILES string of the molecule is CCOC(=O)[C@@H]1C[C@H]1c1ccc(OCCOC)cc1OCOC. The van der Waals surface area contributed by atoms with Crippen molar-refractivity contribution in [3.63, 3.8) is 0 Å². The average Bonchev–Trinajstić information content (AvgIpc) is 3.34. The van der Waals surface area contributed by atoms with Gasteiger partial charge < -0.3 is 23.7 Å². The van der Waals surface area contributed by atoms with E-state index < -0.39 is 0 Å². The Labute approximate surface area is 136 Å². The van der Waals surface area contributed by atoms with Crippen molar-refractivity contribution in [1.29, 1.82) is 0 Å². The lowest BCUT2D eigenvalue weighted by Gasteiger charge is -2.13. The highest BCUT2D eigenvalue weighted by Gasteiger charge is 2.46. The maximum atomic E-state index is 11.8. The van der Waals surface area contributed by atoms with Gasteiger partial charge in [0.1, 0.15) is 18.1 Å². The van der Waals surface area contributed by atoms with Crippen molar-refractivity contribution in [1.82, 2.24) is 0 Å². The molecule has 1 aromatic rings. The topological polar surface area (TPSA) is 63.2 Å². The van der Waals surface area contributed by atoms with Gasteiger partial charge in [-0.05, 0) is 25.0 Å². The molecule has 1 aliphatic rings. The summed E-state index contributed by atoms with van der Waals surface area (Å²) in [4.78, 5) is 11.8. The molecule has 0 bridgehead atoms. The molecule has 0 aliphatic heterocycles. The Hall–Kier alpha value is -1.79. The molecule has 2 atom stereocenters. The number of benzene rings is 1. The van der Waals surface area contributed by atoms with Gasteiger partial charge in [0.15, 0.2) is 6.79 Å². The van der Waals surface area contributed by atoms with E-state index in [1.54, 1.807) is 14.2 Å². The molecule has 0 spiro atoms. The van der Waals surface area contributed by atoms with Crippen molar-refractivity contribution in [2.75, 3.05) is 40.8 Å². The molecule has 2 rings (SSSR count). The van der Waals surface area contributed by atoms with E-state index in [9.17, 15) is 4.79 Å². The molecule has 1 aromatic carbocycles. The second-order valence-corrected chi connectivity index (χ2v) is 5.29. The molecule has 0 saturated heterocycles. The minimum Gasteiger partial charge on any atom is -0.491 e. The van der Waals surface area contributed by atoms with Crippen molar-refractivity contribution in [2.45, 2.75) is 19.3 Å². The van der Waals surface area contributed by atoms with Crippen molar-refractivity contribution < 1.29 is 28.5 Å². The lowest BCUT2D eigenvalue weighted by molar-refractivity contribution is -0.144. The van der Waals surface area contributed by atoms with Crippen molar-refractivity contribution in [3.8, 4) is 11.5 Å². The van der Waals surface area contributed by atoms with Gasteiger partial charge in [0.25, 0.3) is 0 Å².